The lowest BCUT2D eigenvalue weighted by Crippen LogP contribution is -1.94. The lowest BCUT2D eigenvalue weighted by molar-refractivity contribution is 0.432. The van der Waals surface area contributed by atoms with Crippen molar-refractivity contribution in [2.24, 2.45) is 7.05 Å². The van der Waals surface area contributed by atoms with Crippen molar-refractivity contribution in [3.8, 4) is 23.1 Å². The highest BCUT2D eigenvalue weighted by molar-refractivity contribution is 6.37. The second-order valence-corrected chi connectivity index (χ2v) is 4.98. The molecule has 0 amide bonds. The summed E-state index contributed by atoms with van der Waals surface area (Å²) in [5, 5.41) is 4.66. The number of nitrogens with two attached hydrogens (primary N) is 1. The fourth-order valence-corrected chi connectivity index (χ4v) is 2.26. The predicted octanol–water partition coefficient (Wildman–Crippen LogP) is 3.03. The Morgan fingerprint density at radius 2 is 2.10 bits per heavy atom. The Balaban J connectivity index is 2.09. The average molecular weight is 310 g/mol. The third-order valence-electron chi connectivity index (χ3n) is 2.77. The molecule has 0 spiro atoms. The lowest BCUT2D eigenvalue weighted by atomic mass is 10.2. The number of imidazole rings is 1. The van der Waals surface area contributed by atoms with Crippen LogP contribution >= 0.6 is 23.2 Å². The predicted molar refractivity (Wildman–Crippen MR) is 76.4 cm³/mol. The molecule has 102 valence electrons. The minimum absolute atomic E-state index is 0.241. The zero-order valence-corrected chi connectivity index (χ0v) is 11.9. The molecule has 0 radical (unpaired) electrons. The number of aryl methyl sites for hydroxylation is 1. The molecule has 2 heterocycles. The zero-order chi connectivity index (χ0) is 14.3. The summed E-state index contributed by atoms with van der Waals surface area (Å²) in [5.74, 6) is 1.19. The molecule has 20 heavy (non-hydrogen) atoms. The SMILES string of the molecule is Cn1ccnc1-c1noc(-c2cc(Cl)cc(Cl)c2N)n1. The Kier molecular flexibility index (Phi) is 3.11. The molecular weight excluding hydrogens is 301 g/mol. The van der Waals surface area contributed by atoms with Crippen LogP contribution in [0, 0.1) is 0 Å². The first-order chi connectivity index (χ1) is 9.56. The number of nitrogen functional groups attached to an aromatic ring is 1. The van der Waals surface area contributed by atoms with Gasteiger partial charge in [-0.25, -0.2) is 4.98 Å². The van der Waals surface area contributed by atoms with Crippen molar-refractivity contribution in [2.45, 2.75) is 0 Å². The van der Waals surface area contributed by atoms with Crippen LogP contribution in [0.1, 0.15) is 0 Å². The van der Waals surface area contributed by atoms with Gasteiger partial charge in [-0.2, -0.15) is 4.98 Å². The van der Waals surface area contributed by atoms with Gasteiger partial charge in [-0.1, -0.05) is 28.4 Å². The Morgan fingerprint density at radius 1 is 1.30 bits per heavy atom. The van der Waals surface area contributed by atoms with Gasteiger partial charge >= 0.3 is 0 Å². The van der Waals surface area contributed by atoms with Gasteiger partial charge in [-0.15, -0.1) is 0 Å². The van der Waals surface area contributed by atoms with Crippen molar-refractivity contribution < 1.29 is 4.52 Å². The first-order valence-electron chi connectivity index (χ1n) is 5.62. The molecule has 0 aliphatic heterocycles. The number of rotatable bonds is 2. The van der Waals surface area contributed by atoms with Crippen LogP contribution in [0.25, 0.3) is 23.1 Å². The molecule has 2 aromatic heterocycles. The van der Waals surface area contributed by atoms with Crippen molar-refractivity contribution in [1.82, 2.24) is 19.7 Å². The van der Waals surface area contributed by atoms with E-state index in [-0.39, 0.29) is 5.89 Å². The van der Waals surface area contributed by atoms with Crippen molar-refractivity contribution in [1.29, 1.82) is 0 Å². The highest BCUT2D eigenvalue weighted by atomic mass is 35.5. The van der Waals surface area contributed by atoms with Crippen molar-refractivity contribution in [3.63, 3.8) is 0 Å². The number of hydrogen-bond acceptors (Lipinski definition) is 5. The van der Waals surface area contributed by atoms with Crippen LogP contribution in [-0.4, -0.2) is 19.7 Å². The van der Waals surface area contributed by atoms with Crippen LogP contribution in [0.5, 0.6) is 0 Å². The Hall–Kier alpha value is -2.05. The Bertz CT molecular complexity index is 780. The molecule has 8 heteroatoms. The molecule has 1 aromatic carbocycles. The minimum Gasteiger partial charge on any atom is -0.397 e. The number of halogens is 2. The zero-order valence-electron chi connectivity index (χ0n) is 10.3. The van der Waals surface area contributed by atoms with Gasteiger partial charge in [0.05, 0.1) is 16.3 Å². The highest BCUT2D eigenvalue weighted by Gasteiger charge is 2.17. The molecule has 0 bridgehead atoms. The molecule has 6 nitrogen and oxygen atoms in total. The molecule has 0 fully saturated rings. The van der Waals surface area contributed by atoms with Crippen LogP contribution in [-0.2, 0) is 7.05 Å². The van der Waals surface area contributed by atoms with Gasteiger partial charge in [0.15, 0.2) is 5.82 Å². The Labute approximate surface area is 124 Å². The third-order valence-corrected chi connectivity index (χ3v) is 3.30. The van der Waals surface area contributed by atoms with Crippen LogP contribution < -0.4 is 5.73 Å². The van der Waals surface area contributed by atoms with E-state index >= 15 is 0 Å². The third kappa shape index (κ3) is 2.13. The summed E-state index contributed by atoms with van der Waals surface area (Å²) in [5.41, 5.74) is 6.74. The maximum absolute atomic E-state index is 5.98. The second kappa shape index (κ2) is 4.81. The molecular formula is C12H9Cl2N5O. The molecule has 0 atom stereocenters. The molecule has 0 saturated heterocycles. The number of hydrogen-bond donors (Lipinski definition) is 1. The molecule has 0 aliphatic rings. The topological polar surface area (TPSA) is 82.8 Å². The largest absolute Gasteiger partial charge is 0.397 e. The van der Waals surface area contributed by atoms with Gasteiger partial charge in [0.1, 0.15) is 0 Å². The van der Waals surface area contributed by atoms with Gasteiger partial charge in [-0.3, -0.25) is 0 Å². The molecule has 0 saturated carbocycles. The van der Waals surface area contributed by atoms with E-state index in [2.05, 4.69) is 15.1 Å². The van der Waals surface area contributed by atoms with Gasteiger partial charge in [0.2, 0.25) is 5.82 Å². The second-order valence-electron chi connectivity index (χ2n) is 4.13. The lowest BCUT2D eigenvalue weighted by Gasteiger charge is -2.03. The summed E-state index contributed by atoms with van der Waals surface area (Å²) in [7, 11) is 1.84. The monoisotopic (exact) mass is 309 g/mol. The summed E-state index contributed by atoms with van der Waals surface area (Å²) in [6.45, 7) is 0. The number of benzene rings is 1. The maximum atomic E-state index is 5.98. The highest BCUT2D eigenvalue weighted by Crippen LogP contribution is 2.34. The van der Waals surface area contributed by atoms with Gasteiger partial charge < -0.3 is 14.8 Å². The van der Waals surface area contributed by atoms with E-state index in [1.165, 1.54) is 0 Å². The minimum atomic E-state index is 0.241. The van der Waals surface area contributed by atoms with Gasteiger partial charge in [0.25, 0.3) is 5.89 Å². The standard InChI is InChI=1S/C12H9Cl2N5O/c1-19-3-2-16-11(19)10-17-12(20-18-10)7-4-6(13)5-8(14)9(7)15/h2-5H,15H2,1H3. The summed E-state index contributed by atoms with van der Waals surface area (Å²) in [6.07, 6.45) is 3.44. The summed E-state index contributed by atoms with van der Waals surface area (Å²) in [6, 6.07) is 3.18. The molecule has 0 aliphatic carbocycles. The Morgan fingerprint density at radius 3 is 2.80 bits per heavy atom. The number of nitrogens with zero attached hydrogens (tertiary/aromatic N) is 4. The van der Waals surface area contributed by atoms with Crippen LogP contribution in [0.4, 0.5) is 5.69 Å². The van der Waals surface area contributed by atoms with E-state index in [1.54, 1.807) is 29.1 Å². The van der Waals surface area contributed by atoms with E-state index in [9.17, 15) is 0 Å². The smallest absolute Gasteiger partial charge is 0.260 e. The first kappa shape index (κ1) is 13.0. The average Bonchev–Trinajstić information content (AvgIpc) is 3.02. The van der Waals surface area contributed by atoms with Crippen LogP contribution in [0.2, 0.25) is 10.0 Å². The summed E-state index contributed by atoms with van der Waals surface area (Å²) >= 11 is 11.9. The number of anilines is 1. The number of aromatic nitrogens is 4. The molecule has 3 aromatic rings. The normalized spacial score (nSPS) is 10.9. The fourth-order valence-electron chi connectivity index (χ4n) is 1.77. The van der Waals surface area contributed by atoms with E-state index in [4.69, 9.17) is 33.5 Å². The molecule has 0 unspecified atom stereocenters. The fraction of sp³-hybridized carbons (Fsp3) is 0.0833. The quantitative estimate of drug-likeness (QED) is 0.736. The maximum Gasteiger partial charge on any atom is 0.260 e. The molecule has 3 rings (SSSR count). The van der Waals surface area contributed by atoms with Crippen LogP contribution in [0.15, 0.2) is 29.0 Å². The first-order valence-corrected chi connectivity index (χ1v) is 6.38. The van der Waals surface area contributed by atoms with E-state index < -0.39 is 0 Å². The summed E-state index contributed by atoms with van der Waals surface area (Å²) < 4.78 is 6.99. The van der Waals surface area contributed by atoms with E-state index in [0.29, 0.717) is 32.9 Å². The van der Waals surface area contributed by atoms with Crippen molar-refractivity contribution in [3.05, 3.63) is 34.6 Å². The van der Waals surface area contributed by atoms with E-state index in [0.717, 1.165) is 0 Å². The summed E-state index contributed by atoms with van der Waals surface area (Å²) in [4.78, 5) is 8.41. The van der Waals surface area contributed by atoms with Gasteiger partial charge in [0, 0.05) is 24.5 Å². The van der Waals surface area contributed by atoms with Gasteiger partial charge in [-0.05, 0) is 12.1 Å². The van der Waals surface area contributed by atoms with Crippen LogP contribution in [0.3, 0.4) is 0 Å². The van der Waals surface area contributed by atoms with Crippen molar-refractivity contribution in [2.75, 3.05) is 5.73 Å². The van der Waals surface area contributed by atoms with E-state index in [1.807, 2.05) is 7.05 Å². The van der Waals surface area contributed by atoms with Crippen molar-refractivity contribution >= 4 is 28.9 Å². The molecule has 2 N–H and O–H groups in total.